The predicted molar refractivity (Wildman–Crippen MR) is 90.5 cm³/mol. The minimum atomic E-state index is -0.331. The lowest BCUT2D eigenvalue weighted by Gasteiger charge is -2.09. The Bertz CT molecular complexity index is 988. The first-order valence-corrected chi connectivity index (χ1v) is 7.93. The van der Waals surface area contributed by atoms with E-state index in [-0.39, 0.29) is 17.2 Å². The van der Waals surface area contributed by atoms with Gasteiger partial charge in [-0.1, -0.05) is 6.07 Å². The van der Waals surface area contributed by atoms with Crippen LogP contribution in [0.3, 0.4) is 0 Å². The van der Waals surface area contributed by atoms with Crippen LogP contribution in [0.25, 0.3) is 5.65 Å². The third-order valence-corrected chi connectivity index (χ3v) is 4.57. The number of pyridine rings is 1. The summed E-state index contributed by atoms with van der Waals surface area (Å²) in [6, 6.07) is 3.68. The molecule has 0 saturated carbocycles. The number of anilines is 1. The molecule has 118 valence electrons. The summed E-state index contributed by atoms with van der Waals surface area (Å²) in [6.07, 6.45) is 1.71. The van der Waals surface area contributed by atoms with Gasteiger partial charge in [-0.05, 0) is 39.3 Å². The second-order valence-corrected chi connectivity index (χ2v) is 6.62. The highest BCUT2D eigenvalue weighted by molar-refractivity contribution is 7.13. The molecule has 3 aromatic heterocycles. The first kappa shape index (κ1) is 15.4. The SMILES string of the molecule is Cc1ccc2nc(C)c(NC(=O)c3sc(C)nc3C)c(=O)n2c1. The third-order valence-electron chi connectivity index (χ3n) is 3.50. The molecule has 23 heavy (non-hydrogen) atoms. The van der Waals surface area contributed by atoms with Gasteiger partial charge in [0.1, 0.15) is 16.2 Å². The van der Waals surface area contributed by atoms with Gasteiger partial charge in [-0.2, -0.15) is 0 Å². The fraction of sp³-hybridized carbons (Fsp3) is 0.250. The molecule has 0 saturated heterocycles. The number of aromatic nitrogens is 3. The lowest BCUT2D eigenvalue weighted by atomic mass is 10.3. The number of fused-ring (bicyclic) bond motifs is 1. The summed E-state index contributed by atoms with van der Waals surface area (Å²) in [5.74, 6) is -0.331. The molecule has 0 radical (unpaired) electrons. The average molecular weight is 328 g/mol. The number of amides is 1. The second-order valence-electron chi connectivity index (χ2n) is 5.41. The van der Waals surface area contributed by atoms with E-state index < -0.39 is 0 Å². The highest BCUT2D eigenvalue weighted by Crippen LogP contribution is 2.19. The molecule has 3 heterocycles. The molecule has 0 atom stereocenters. The van der Waals surface area contributed by atoms with Gasteiger partial charge >= 0.3 is 0 Å². The molecule has 0 aliphatic heterocycles. The Morgan fingerprint density at radius 2 is 1.87 bits per heavy atom. The molecule has 1 amide bonds. The third kappa shape index (κ3) is 2.75. The Morgan fingerprint density at radius 1 is 1.13 bits per heavy atom. The quantitative estimate of drug-likeness (QED) is 0.784. The first-order valence-electron chi connectivity index (χ1n) is 7.12. The van der Waals surface area contributed by atoms with Crippen molar-refractivity contribution in [2.75, 3.05) is 5.32 Å². The van der Waals surface area contributed by atoms with E-state index in [0.29, 0.717) is 21.9 Å². The Hall–Kier alpha value is -2.54. The molecule has 0 unspecified atom stereocenters. The summed E-state index contributed by atoms with van der Waals surface area (Å²) in [6.45, 7) is 7.23. The van der Waals surface area contributed by atoms with E-state index >= 15 is 0 Å². The minimum Gasteiger partial charge on any atom is -0.315 e. The number of nitrogens with zero attached hydrogens (tertiary/aromatic N) is 3. The minimum absolute atomic E-state index is 0.198. The number of rotatable bonds is 2. The summed E-state index contributed by atoms with van der Waals surface area (Å²) in [7, 11) is 0. The Balaban J connectivity index is 2.08. The van der Waals surface area contributed by atoms with Crippen molar-refractivity contribution in [2.45, 2.75) is 27.7 Å². The van der Waals surface area contributed by atoms with Crippen LogP contribution in [-0.2, 0) is 0 Å². The van der Waals surface area contributed by atoms with Gasteiger partial charge in [0.15, 0.2) is 0 Å². The highest BCUT2D eigenvalue weighted by Gasteiger charge is 2.18. The summed E-state index contributed by atoms with van der Waals surface area (Å²) in [5, 5.41) is 3.51. The summed E-state index contributed by atoms with van der Waals surface area (Å²) in [5.41, 5.74) is 2.56. The van der Waals surface area contributed by atoms with Crippen LogP contribution in [-0.4, -0.2) is 20.3 Å². The largest absolute Gasteiger partial charge is 0.315 e. The fourth-order valence-electron chi connectivity index (χ4n) is 2.41. The Kier molecular flexibility index (Phi) is 3.73. The van der Waals surface area contributed by atoms with E-state index in [9.17, 15) is 9.59 Å². The first-order chi connectivity index (χ1) is 10.9. The van der Waals surface area contributed by atoms with Gasteiger partial charge in [0.25, 0.3) is 11.5 Å². The van der Waals surface area contributed by atoms with E-state index in [4.69, 9.17) is 0 Å². The molecular weight excluding hydrogens is 312 g/mol. The van der Waals surface area contributed by atoms with Crippen LogP contribution in [0.5, 0.6) is 0 Å². The van der Waals surface area contributed by atoms with Crippen LogP contribution >= 0.6 is 11.3 Å². The average Bonchev–Trinajstić information content (AvgIpc) is 2.83. The number of nitrogens with one attached hydrogen (secondary N) is 1. The topological polar surface area (TPSA) is 76.4 Å². The molecule has 0 aliphatic carbocycles. The van der Waals surface area contributed by atoms with Crippen molar-refractivity contribution >= 4 is 28.6 Å². The summed E-state index contributed by atoms with van der Waals surface area (Å²) >= 11 is 1.31. The maximum absolute atomic E-state index is 12.7. The zero-order chi connectivity index (χ0) is 16.7. The predicted octanol–water partition coefficient (Wildman–Crippen LogP) is 2.64. The molecule has 0 fully saturated rings. The van der Waals surface area contributed by atoms with Crippen molar-refractivity contribution in [2.24, 2.45) is 0 Å². The molecule has 7 heteroatoms. The molecule has 0 aromatic carbocycles. The van der Waals surface area contributed by atoms with Gasteiger partial charge in [-0.25, -0.2) is 9.97 Å². The molecule has 6 nitrogen and oxygen atoms in total. The molecule has 1 N–H and O–H groups in total. The van der Waals surface area contributed by atoms with Crippen molar-refractivity contribution < 1.29 is 4.79 Å². The number of carbonyl (C=O) groups excluding carboxylic acids is 1. The molecule has 0 bridgehead atoms. The van der Waals surface area contributed by atoms with Gasteiger partial charge in [0.05, 0.1) is 16.4 Å². The Morgan fingerprint density at radius 3 is 2.52 bits per heavy atom. The van der Waals surface area contributed by atoms with Crippen LogP contribution in [0.4, 0.5) is 5.69 Å². The fourth-order valence-corrected chi connectivity index (χ4v) is 3.23. The smallest absolute Gasteiger partial charge is 0.281 e. The zero-order valence-corrected chi connectivity index (χ0v) is 14.1. The summed E-state index contributed by atoms with van der Waals surface area (Å²) in [4.78, 5) is 34.2. The molecular formula is C16H16N4O2S. The normalized spacial score (nSPS) is 11.0. The van der Waals surface area contributed by atoms with E-state index in [1.54, 1.807) is 26.1 Å². The number of hydrogen-bond donors (Lipinski definition) is 1. The van der Waals surface area contributed by atoms with E-state index in [1.807, 2.05) is 19.9 Å². The van der Waals surface area contributed by atoms with Crippen molar-refractivity contribution in [3.63, 3.8) is 0 Å². The lowest BCUT2D eigenvalue weighted by molar-refractivity contribution is 0.102. The van der Waals surface area contributed by atoms with Gasteiger partial charge in [-0.15, -0.1) is 11.3 Å². The van der Waals surface area contributed by atoms with Crippen molar-refractivity contribution in [1.82, 2.24) is 14.4 Å². The monoisotopic (exact) mass is 328 g/mol. The van der Waals surface area contributed by atoms with E-state index in [2.05, 4.69) is 15.3 Å². The molecule has 0 aliphatic rings. The summed E-state index contributed by atoms with van der Waals surface area (Å²) < 4.78 is 1.45. The van der Waals surface area contributed by atoms with Gasteiger partial charge in [-0.3, -0.25) is 14.0 Å². The standard InChI is InChI=1S/C16H16N4O2S/c1-8-5-6-12-18-9(2)13(16(22)20(12)7-8)19-15(21)14-10(3)17-11(4)23-14/h5-7H,1-4H3,(H,19,21). The highest BCUT2D eigenvalue weighted by atomic mass is 32.1. The van der Waals surface area contributed by atoms with E-state index in [1.165, 1.54) is 15.7 Å². The van der Waals surface area contributed by atoms with E-state index in [0.717, 1.165) is 10.6 Å². The molecule has 0 spiro atoms. The van der Waals surface area contributed by atoms with Crippen molar-refractivity contribution in [3.8, 4) is 0 Å². The number of aryl methyl sites for hydroxylation is 4. The number of thiazole rings is 1. The second kappa shape index (κ2) is 5.58. The van der Waals surface area contributed by atoms with Crippen LogP contribution in [0, 0.1) is 27.7 Å². The van der Waals surface area contributed by atoms with Crippen LogP contribution in [0.1, 0.15) is 31.6 Å². The van der Waals surface area contributed by atoms with Gasteiger partial charge in [0, 0.05) is 6.20 Å². The van der Waals surface area contributed by atoms with Crippen LogP contribution in [0.15, 0.2) is 23.1 Å². The van der Waals surface area contributed by atoms with Gasteiger partial charge in [0.2, 0.25) is 0 Å². The van der Waals surface area contributed by atoms with Gasteiger partial charge < -0.3 is 5.32 Å². The molecule has 3 aromatic rings. The van der Waals surface area contributed by atoms with Crippen LogP contribution in [0.2, 0.25) is 0 Å². The maximum atomic E-state index is 12.7. The van der Waals surface area contributed by atoms with Crippen molar-refractivity contribution in [1.29, 1.82) is 0 Å². The number of carbonyl (C=O) groups is 1. The maximum Gasteiger partial charge on any atom is 0.281 e. The van der Waals surface area contributed by atoms with Crippen molar-refractivity contribution in [3.05, 3.63) is 55.5 Å². The Labute approximate surface area is 136 Å². The lowest BCUT2D eigenvalue weighted by Crippen LogP contribution is -2.25. The van der Waals surface area contributed by atoms with Crippen LogP contribution < -0.4 is 10.9 Å². The molecule has 3 rings (SSSR count). The zero-order valence-electron chi connectivity index (χ0n) is 13.3. The number of hydrogen-bond acceptors (Lipinski definition) is 5.